The van der Waals surface area contributed by atoms with Crippen LogP contribution in [-0.2, 0) is 17.1 Å². The fourth-order valence-corrected chi connectivity index (χ4v) is 5.14. The molecule has 0 radical (unpaired) electrons. The quantitative estimate of drug-likeness (QED) is 0.692. The molecule has 142 valence electrons. The van der Waals surface area contributed by atoms with Gasteiger partial charge in [0.2, 0.25) is 0 Å². The number of hydrogen-bond donors (Lipinski definition) is 0. The topological polar surface area (TPSA) is 73.0 Å². The second-order valence-corrected chi connectivity index (χ2v) is 8.86. The molecule has 4 rings (SSSR count). The molecule has 0 unspecified atom stereocenters. The normalized spacial score (nSPS) is 16.7. The molecule has 0 aliphatic carbocycles. The average molecular weight is 385 g/mol. The van der Waals surface area contributed by atoms with E-state index < -0.39 is 10.0 Å². The predicted octanol–water partition coefficient (Wildman–Crippen LogP) is 2.62. The fraction of sp³-hybridized carbons (Fsp3) is 0.368. The van der Waals surface area contributed by atoms with Crippen molar-refractivity contribution in [3.8, 4) is 11.4 Å². The standard InChI is InChI=1S/C19H23N5O2S/c1-15-12-20-19(16-6-4-3-5-7-16)24(15)17-8-10-23(11-9-17)27(25,26)18-13-22(2)14-21-18/h3-7,12-14,17H,8-11H2,1-2H3. The highest BCUT2D eigenvalue weighted by Crippen LogP contribution is 2.31. The molecule has 8 heteroatoms. The van der Waals surface area contributed by atoms with Crippen LogP contribution >= 0.6 is 0 Å². The van der Waals surface area contributed by atoms with Gasteiger partial charge in [0, 0.05) is 49.8 Å². The summed E-state index contributed by atoms with van der Waals surface area (Å²) in [4.78, 5) is 8.62. The molecule has 0 spiro atoms. The van der Waals surface area contributed by atoms with E-state index in [0.717, 1.165) is 29.9 Å². The highest BCUT2D eigenvalue weighted by molar-refractivity contribution is 7.89. The van der Waals surface area contributed by atoms with Crippen LogP contribution in [-0.4, -0.2) is 44.9 Å². The summed E-state index contributed by atoms with van der Waals surface area (Å²) in [6.45, 7) is 3.02. The predicted molar refractivity (Wildman–Crippen MR) is 103 cm³/mol. The second kappa shape index (κ2) is 6.94. The van der Waals surface area contributed by atoms with Gasteiger partial charge >= 0.3 is 0 Å². The average Bonchev–Trinajstić information content (AvgIpc) is 3.29. The van der Waals surface area contributed by atoms with E-state index in [2.05, 4.69) is 33.6 Å². The molecule has 1 fully saturated rings. The van der Waals surface area contributed by atoms with Crippen LogP contribution in [0.1, 0.15) is 24.6 Å². The van der Waals surface area contributed by atoms with Gasteiger partial charge in [-0.2, -0.15) is 4.31 Å². The zero-order valence-corrected chi connectivity index (χ0v) is 16.3. The van der Waals surface area contributed by atoms with E-state index >= 15 is 0 Å². The van der Waals surface area contributed by atoms with Crippen molar-refractivity contribution >= 4 is 10.0 Å². The summed E-state index contributed by atoms with van der Waals surface area (Å²) < 4.78 is 31.0. The smallest absolute Gasteiger partial charge is 0.262 e. The largest absolute Gasteiger partial charge is 0.339 e. The van der Waals surface area contributed by atoms with E-state index in [1.165, 1.54) is 6.33 Å². The number of aromatic nitrogens is 4. The maximum atomic E-state index is 12.8. The van der Waals surface area contributed by atoms with Gasteiger partial charge in [-0.05, 0) is 19.8 Å². The Labute approximate surface area is 159 Å². The SMILES string of the molecule is Cc1cnc(-c2ccccc2)n1C1CCN(S(=O)(=O)c2cn(C)cn2)CC1. The monoisotopic (exact) mass is 385 g/mol. The van der Waals surface area contributed by atoms with Crippen molar-refractivity contribution in [2.45, 2.75) is 30.8 Å². The molecule has 0 atom stereocenters. The molecule has 3 heterocycles. The van der Waals surface area contributed by atoms with Crippen LogP contribution in [0.3, 0.4) is 0 Å². The summed E-state index contributed by atoms with van der Waals surface area (Å²) in [6, 6.07) is 10.3. The van der Waals surface area contributed by atoms with Crippen molar-refractivity contribution in [1.82, 2.24) is 23.4 Å². The van der Waals surface area contributed by atoms with Crippen LogP contribution in [0.2, 0.25) is 0 Å². The Balaban J connectivity index is 1.55. The molecule has 1 aromatic carbocycles. The third kappa shape index (κ3) is 3.30. The molecule has 1 aliphatic rings. The van der Waals surface area contributed by atoms with Gasteiger partial charge in [0.1, 0.15) is 5.82 Å². The Morgan fingerprint density at radius 2 is 1.78 bits per heavy atom. The summed E-state index contributed by atoms with van der Waals surface area (Å²) in [7, 11) is -1.76. The van der Waals surface area contributed by atoms with E-state index in [9.17, 15) is 8.42 Å². The minimum Gasteiger partial charge on any atom is -0.339 e. The van der Waals surface area contributed by atoms with Crippen LogP contribution in [0, 0.1) is 6.92 Å². The van der Waals surface area contributed by atoms with E-state index in [1.54, 1.807) is 22.1 Å². The number of aryl methyl sites for hydroxylation is 2. The van der Waals surface area contributed by atoms with Crippen LogP contribution in [0.25, 0.3) is 11.4 Å². The van der Waals surface area contributed by atoms with Crippen molar-refractivity contribution in [3.63, 3.8) is 0 Å². The Bertz CT molecular complexity index is 1030. The Morgan fingerprint density at radius 3 is 2.41 bits per heavy atom. The molecule has 7 nitrogen and oxygen atoms in total. The summed E-state index contributed by atoms with van der Waals surface area (Å²) >= 11 is 0. The van der Waals surface area contributed by atoms with Gasteiger partial charge in [0.15, 0.2) is 5.03 Å². The number of rotatable bonds is 4. The number of benzene rings is 1. The maximum Gasteiger partial charge on any atom is 0.262 e. The van der Waals surface area contributed by atoms with Crippen molar-refractivity contribution in [3.05, 3.63) is 54.7 Å². The summed E-state index contributed by atoms with van der Waals surface area (Å²) in [6.07, 6.45) is 6.46. The molecular weight excluding hydrogens is 362 g/mol. The Hall–Kier alpha value is -2.45. The van der Waals surface area contributed by atoms with E-state index in [-0.39, 0.29) is 11.1 Å². The van der Waals surface area contributed by atoms with Gasteiger partial charge in [-0.1, -0.05) is 30.3 Å². The molecule has 1 saturated heterocycles. The van der Waals surface area contributed by atoms with Gasteiger partial charge < -0.3 is 9.13 Å². The maximum absolute atomic E-state index is 12.8. The van der Waals surface area contributed by atoms with Gasteiger partial charge in [0.25, 0.3) is 10.0 Å². The van der Waals surface area contributed by atoms with Crippen LogP contribution < -0.4 is 0 Å². The van der Waals surface area contributed by atoms with Gasteiger partial charge in [0.05, 0.1) is 6.33 Å². The first-order valence-electron chi connectivity index (χ1n) is 9.04. The van der Waals surface area contributed by atoms with Crippen LogP contribution in [0.4, 0.5) is 0 Å². The first-order chi connectivity index (χ1) is 13.0. The first-order valence-corrected chi connectivity index (χ1v) is 10.5. The summed E-state index contributed by atoms with van der Waals surface area (Å²) in [5.41, 5.74) is 2.18. The van der Waals surface area contributed by atoms with E-state index in [4.69, 9.17) is 0 Å². The minimum absolute atomic E-state index is 0.118. The Morgan fingerprint density at radius 1 is 1.07 bits per heavy atom. The molecular formula is C19H23N5O2S. The molecule has 0 amide bonds. The van der Waals surface area contributed by atoms with Crippen molar-refractivity contribution in [2.75, 3.05) is 13.1 Å². The van der Waals surface area contributed by atoms with Gasteiger partial charge in [-0.15, -0.1) is 0 Å². The molecule has 1 aliphatic heterocycles. The summed E-state index contributed by atoms with van der Waals surface area (Å²) in [5.74, 6) is 0.944. The highest BCUT2D eigenvalue weighted by atomic mass is 32.2. The third-order valence-electron chi connectivity index (χ3n) is 5.09. The minimum atomic E-state index is -3.53. The lowest BCUT2D eigenvalue weighted by Crippen LogP contribution is -2.39. The number of nitrogens with zero attached hydrogens (tertiary/aromatic N) is 5. The first kappa shape index (κ1) is 17.9. The molecule has 27 heavy (non-hydrogen) atoms. The number of imidazole rings is 2. The van der Waals surface area contributed by atoms with E-state index in [1.807, 2.05) is 24.4 Å². The lowest BCUT2D eigenvalue weighted by molar-refractivity contribution is 0.273. The Kier molecular flexibility index (Phi) is 4.61. The fourth-order valence-electron chi connectivity index (χ4n) is 3.70. The molecule has 0 bridgehead atoms. The molecule has 0 saturated carbocycles. The van der Waals surface area contributed by atoms with Gasteiger partial charge in [-0.25, -0.2) is 18.4 Å². The van der Waals surface area contributed by atoms with E-state index in [0.29, 0.717) is 13.1 Å². The zero-order valence-electron chi connectivity index (χ0n) is 15.5. The lowest BCUT2D eigenvalue weighted by Gasteiger charge is -2.32. The van der Waals surface area contributed by atoms with Crippen molar-refractivity contribution < 1.29 is 8.42 Å². The van der Waals surface area contributed by atoms with Crippen LogP contribution in [0.15, 0.2) is 54.1 Å². The molecule has 2 aromatic heterocycles. The van der Waals surface area contributed by atoms with Crippen molar-refractivity contribution in [2.24, 2.45) is 7.05 Å². The second-order valence-electron chi connectivity index (χ2n) is 6.97. The van der Waals surface area contributed by atoms with Crippen LogP contribution in [0.5, 0.6) is 0 Å². The third-order valence-corrected chi connectivity index (χ3v) is 6.87. The highest BCUT2D eigenvalue weighted by Gasteiger charge is 2.32. The molecule has 0 N–H and O–H groups in total. The number of sulfonamides is 1. The van der Waals surface area contributed by atoms with Crippen molar-refractivity contribution in [1.29, 1.82) is 0 Å². The molecule has 3 aromatic rings. The summed E-state index contributed by atoms with van der Waals surface area (Å²) in [5, 5.41) is 0.118. The number of piperidine rings is 1. The lowest BCUT2D eigenvalue weighted by atomic mass is 10.1. The zero-order chi connectivity index (χ0) is 19.0. The van der Waals surface area contributed by atoms with Gasteiger partial charge in [-0.3, -0.25) is 0 Å². The number of hydrogen-bond acceptors (Lipinski definition) is 4.